The highest BCUT2D eigenvalue weighted by molar-refractivity contribution is 7.99. The number of sulfonamides is 1. The van der Waals surface area contributed by atoms with Crippen LogP contribution in [0.5, 0.6) is 0 Å². The zero-order valence-electron chi connectivity index (χ0n) is 14.3. The van der Waals surface area contributed by atoms with Gasteiger partial charge < -0.3 is 5.73 Å². The number of hydrogen-bond acceptors (Lipinski definition) is 4. The van der Waals surface area contributed by atoms with Gasteiger partial charge in [-0.25, -0.2) is 8.42 Å². The molecule has 0 aromatic heterocycles. The van der Waals surface area contributed by atoms with E-state index in [0.29, 0.717) is 11.8 Å². The Morgan fingerprint density at radius 2 is 1.43 bits per heavy atom. The summed E-state index contributed by atoms with van der Waals surface area (Å²) < 4.78 is 65.5. The molecule has 0 aliphatic heterocycles. The maximum atomic E-state index is 12.8. The van der Waals surface area contributed by atoms with Crippen LogP contribution < -0.4 is 10.5 Å². The van der Waals surface area contributed by atoms with Crippen LogP contribution in [0.2, 0.25) is 0 Å². The molecule has 0 heterocycles. The number of rotatable bonds is 5. The Labute approximate surface area is 164 Å². The third-order valence-corrected chi connectivity index (χ3v) is 6.09. The van der Waals surface area contributed by atoms with Gasteiger partial charge in [0.05, 0.1) is 10.5 Å². The van der Waals surface area contributed by atoms with Crippen LogP contribution in [0.4, 0.5) is 24.5 Å². The molecule has 0 amide bonds. The molecule has 28 heavy (non-hydrogen) atoms. The molecule has 0 unspecified atom stereocenters. The molecule has 3 N–H and O–H groups in total. The molecule has 0 aliphatic rings. The number of anilines is 2. The SMILES string of the molecule is Nc1ccc(Sc2ccc(NS(=O)(=O)c3cccc(C(F)(F)F)c3)cc2)cc1. The zero-order valence-corrected chi connectivity index (χ0v) is 15.9. The summed E-state index contributed by atoms with van der Waals surface area (Å²) in [6, 6.07) is 17.4. The zero-order chi connectivity index (χ0) is 20.4. The van der Waals surface area contributed by atoms with Gasteiger partial charge in [0.1, 0.15) is 0 Å². The van der Waals surface area contributed by atoms with Gasteiger partial charge in [-0.2, -0.15) is 13.2 Å². The van der Waals surface area contributed by atoms with Crippen LogP contribution in [0.3, 0.4) is 0 Å². The topological polar surface area (TPSA) is 72.2 Å². The second-order valence-corrected chi connectivity index (χ2v) is 8.66. The van der Waals surface area contributed by atoms with Crippen molar-refractivity contribution in [1.29, 1.82) is 0 Å². The summed E-state index contributed by atoms with van der Waals surface area (Å²) in [7, 11) is -4.14. The lowest BCUT2D eigenvalue weighted by Gasteiger charge is -2.11. The maximum absolute atomic E-state index is 12.8. The van der Waals surface area contributed by atoms with E-state index in [-0.39, 0.29) is 5.69 Å². The van der Waals surface area contributed by atoms with Crippen molar-refractivity contribution < 1.29 is 21.6 Å². The van der Waals surface area contributed by atoms with Crippen molar-refractivity contribution in [2.45, 2.75) is 20.9 Å². The smallest absolute Gasteiger partial charge is 0.399 e. The second-order valence-electron chi connectivity index (χ2n) is 5.83. The van der Waals surface area contributed by atoms with Crippen molar-refractivity contribution in [3.05, 3.63) is 78.4 Å². The van der Waals surface area contributed by atoms with E-state index in [1.165, 1.54) is 11.8 Å². The third-order valence-electron chi connectivity index (χ3n) is 3.69. The normalized spacial score (nSPS) is 12.0. The van der Waals surface area contributed by atoms with Gasteiger partial charge >= 0.3 is 6.18 Å². The summed E-state index contributed by atoms with van der Waals surface area (Å²) in [5, 5.41) is 0. The molecule has 9 heteroatoms. The standard InChI is InChI=1S/C19H15F3N2O2S2/c20-19(21,22)13-2-1-3-18(12-13)28(25,26)24-15-6-10-17(11-7-15)27-16-8-4-14(23)5-9-16/h1-12,24H,23H2. The first-order valence-electron chi connectivity index (χ1n) is 7.97. The fourth-order valence-corrected chi connectivity index (χ4v) is 4.24. The van der Waals surface area contributed by atoms with E-state index < -0.39 is 26.7 Å². The van der Waals surface area contributed by atoms with E-state index >= 15 is 0 Å². The summed E-state index contributed by atoms with van der Waals surface area (Å²) in [6.45, 7) is 0. The molecular weight excluding hydrogens is 409 g/mol. The van der Waals surface area contributed by atoms with Gasteiger partial charge in [0.25, 0.3) is 10.0 Å². The molecule has 3 aromatic carbocycles. The van der Waals surface area contributed by atoms with Crippen molar-refractivity contribution in [2.24, 2.45) is 0 Å². The molecule has 0 aliphatic carbocycles. The van der Waals surface area contributed by atoms with Crippen LogP contribution >= 0.6 is 11.8 Å². The Kier molecular flexibility index (Phi) is 5.57. The molecule has 0 saturated heterocycles. The van der Waals surface area contributed by atoms with Crippen LogP contribution in [-0.4, -0.2) is 8.42 Å². The predicted molar refractivity (Wildman–Crippen MR) is 104 cm³/mol. The van der Waals surface area contributed by atoms with Gasteiger partial charge in [-0.3, -0.25) is 4.72 Å². The minimum Gasteiger partial charge on any atom is -0.399 e. The van der Waals surface area contributed by atoms with E-state index in [9.17, 15) is 21.6 Å². The lowest BCUT2D eigenvalue weighted by atomic mass is 10.2. The fraction of sp³-hybridized carbons (Fsp3) is 0.0526. The van der Waals surface area contributed by atoms with Crippen molar-refractivity contribution in [3.8, 4) is 0 Å². The van der Waals surface area contributed by atoms with Crippen molar-refractivity contribution >= 4 is 33.2 Å². The fourth-order valence-electron chi connectivity index (χ4n) is 2.32. The summed E-state index contributed by atoms with van der Waals surface area (Å²) in [5.74, 6) is 0. The molecule has 0 radical (unpaired) electrons. The molecular formula is C19H15F3N2O2S2. The Morgan fingerprint density at radius 1 is 0.857 bits per heavy atom. The molecule has 0 fully saturated rings. The highest BCUT2D eigenvalue weighted by atomic mass is 32.2. The highest BCUT2D eigenvalue weighted by Crippen LogP contribution is 2.32. The van der Waals surface area contributed by atoms with Crippen molar-refractivity contribution in [2.75, 3.05) is 10.5 Å². The summed E-state index contributed by atoms with van der Waals surface area (Å²) in [4.78, 5) is 1.38. The van der Waals surface area contributed by atoms with Gasteiger partial charge in [0, 0.05) is 21.2 Å². The van der Waals surface area contributed by atoms with Crippen LogP contribution in [0.25, 0.3) is 0 Å². The number of nitrogens with one attached hydrogen (secondary N) is 1. The highest BCUT2D eigenvalue weighted by Gasteiger charge is 2.31. The summed E-state index contributed by atoms with van der Waals surface area (Å²) in [5.41, 5.74) is 5.53. The van der Waals surface area contributed by atoms with Crippen LogP contribution in [0.15, 0.2) is 87.5 Å². The van der Waals surface area contributed by atoms with Gasteiger partial charge in [-0.1, -0.05) is 17.8 Å². The molecule has 3 rings (SSSR count). The Hall–Kier alpha value is -2.65. The van der Waals surface area contributed by atoms with Gasteiger partial charge in [-0.05, 0) is 66.7 Å². The average Bonchev–Trinajstić information content (AvgIpc) is 2.64. The quantitative estimate of drug-likeness (QED) is 0.550. The first-order valence-corrected chi connectivity index (χ1v) is 10.3. The monoisotopic (exact) mass is 424 g/mol. The van der Waals surface area contributed by atoms with Crippen LogP contribution in [0.1, 0.15) is 5.56 Å². The third kappa shape index (κ3) is 4.99. The summed E-state index contributed by atoms with van der Waals surface area (Å²) in [6.07, 6.45) is -4.62. The molecule has 4 nitrogen and oxygen atoms in total. The first-order chi connectivity index (χ1) is 13.1. The minimum absolute atomic E-state index is 0.249. The number of nitrogen functional groups attached to an aromatic ring is 1. The van der Waals surface area contributed by atoms with Gasteiger partial charge in [-0.15, -0.1) is 0 Å². The van der Waals surface area contributed by atoms with E-state index in [1.54, 1.807) is 36.4 Å². The summed E-state index contributed by atoms with van der Waals surface area (Å²) >= 11 is 1.47. The van der Waals surface area contributed by atoms with E-state index in [1.807, 2.05) is 12.1 Å². The number of halogens is 3. The first kappa shape index (κ1) is 20.1. The number of hydrogen-bond donors (Lipinski definition) is 2. The van der Waals surface area contributed by atoms with Crippen molar-refractivity contribution in [3.63, 3.8) is 0 Å². The molecule has 0 spiro atoms. The average molecular weight is 424 g/mol. The van der Waals surface area contributed by atoms with Crippen LogP contribution in [0, 0.1) is 0 Å². The number of alkyl halides is 3. The molecule has 0 bridgehead atoms. The molecule has 146 valence electrons. The maximum Gasteiger partial charge on any atom is 0.416 e. The molecule has 0 saturated carbocycles. The lowest BCUT2D eigenvalue weighted by molar-refractivity contribution is -0.137. The minimum atomic E-state index is -4.62. The second kappa shape index (κ2) is 7.76. The van der Waals surface area contributed by atoms with E-state index in [4.69, 9.17) is 5.73 Å². The van der Waals surface area contributed by atoms with Gasteiger partial charge in [0.2, 0.25) is 0 Å². The molecule has 0 atom stereocenters. The number of nitrogens with two attached hydrogens (primary N) is 1. The number of benzene rings is 3. The molecule has 3 aromatic rings. The predicted octanol–water partition coefficient (Wildman–Crippen LogP) is 5.24. The Morgan fingerprint density at radius 3 is 2.00 bits per heavy atom. The van der Waals surface area contributed by atoms with E-state index in [2.05, 4.69) is 4.72 Å². The van der Waals surface area contributed by atoms with Crippen LogP contribution in [-0.2, 0) is 16.2 Å². The Balaban J connectivity index is 1.75. The van der Waals surface area contributed by atoms with E-state index in [0.717, 1.165) is 28.0 Å². The van der Waals surface area contributed by atoms with Gasteiger partial charge in [0.15, 0.2) is 0 Å². The lowest BCUT2D eigenvalue weighted by Crippen LogP contribution is -2.14. The largest absolute Gasteiger partial charge is 0.416 e. The Bertz CT molecular complexity index is 1070. The van der Waals surface area contributed by atoms with Crippen molar-refractivity contribution in [1.82, 2.24) is 0 Å².